The molecule has 1 heterocycles. The molecule has 18 heavy (non-hydrogen) atoms. The van der Waals surface area contributed by atoms with Gasteiger partial charge in [0, 0.05) is 11.6 Å². The average Bonchev–Trinajstić information content (AvgIpc) is 2.74. The van der Waals surface area contributed by atoms with Gasteiger partial charge in [-0.1, -0.05) is 0 Å². The molecule has 0 fully saturated rings. The van der Waals surface area contributed by atoms with E-state index in [-0.39, 0.29) is 17.1 Å². The largest absolute Gasteiger partial charge is 0.458 e. The third-order valence-electron chi connectivity index (χ3n) is 2.36. The summed E-state index contributed by atoms with van der Waals surface area (Å²) in [5.41, 5.74) is 0.146. The number of benzene rings is 1. The van der Waals surface area contributed by atoms with Gasteiger partial charge in [0.05, 0.1) is 0 Å². The molecule has 0 radical (unpaired) electrons. The predicted octanol–water partition coefficient (Wildman–Crippen LogP) is 3.76. The van der Waals surface area contributed by atoms with Crippen LogP contribution in [0.5, 0.6) is 0 Å². The Kier molecular flexibility index (Phi) is 3.37. The third-order valence-corrected chi connectivity index (χ3v) is 2.36. The number of carbonyl (C=O) groups is 1. The maximum Gasteiger partial charge on any atom is 0.221 e. The van der Waals surface area contributed by atoms with Gasteiger partial charge < -0.3 is 4.42 Å². The van der Waals surface area contributed by atoms with Crippen LogP contribution in [0.25, 0.3) is 6.08 Å². The molecule has 0 aliphatic rings. The second kappa shape index (κ2) is 4.96. The minimum absolute atomic E-state index is 0.146. The van der Waals surface area contributed by atoms with Crippen LogP contribution in [-0.2, 0) is 0 Å². The number of furan rings is 1. The summed E-state index contributed by atoms with van der Waals surface area (Å²) in [5.74, 6) is -0.926. The fourth-order valence-corrected chi connectivity index (χ4v) is 1.45. The summed E-state index contributed by atoms with van der Waals surface area (Å²) < 4.78 is 31.1. The van der Waals surface area contributed by atoms with Crippen molar-refractivity contribution in [1.29, 1.82) is 0 Å². The van der Waals surface area contributed by atoms with Crippen molar-refractivity contribution in [2.75, 3.05) is 0 Å². The fourth-order valence-electron chi connectivity index (χ4n) is 1.45. The molecular weight excluding hydrogens is 238 g/mol. The smallest absolute Gasteiger partial charge is 0.221 e. The molecule has 0 saturated carbocycles. The van der Waals surface area contributed by atoms with Crippen molar-refractivity contribution in [2.45, 2.75) is 6.92 Å². The van der Waals surface area contributed by atoms with E-state index in [4.69, 9.17) is 4.42 Å². The van der Waals surface area contributed by atoms with Crippen LogP contribution >= 0.6 is 0 Å². The topological polar surface area (TPSA) is 30.2 Å². The summed E-state index contributed by atoms with van der Waals surface area (Å²) in [7, 11) is 0. The molecule has 0 unspecified atom stereocenters. The Morgan fingerprint density at radius 3 is 2.61 bits per heavy atom. The lowest BCUT2D eigenvalue weighted by atomic mass is 10.1. The zero-order valence-corrected chi connectivity index (χ0v) is 9.61. The highest BCUT2D eigenvalue weighted by Crippen LogP contribution is 2.13. The molecule has 0 atom stereocenters. The van der Waals surface area contributed by atoms with Crippen molar-refractivity contribution < 1.29 is 18.0 Å². The molecule has 2 rings (SSSR count). The van der Waals surface area contributed by atoms with Crippen LogP contribution in [0.4, 0.5) is 8.78 Å². The molecule has 0 aliphatic heterocycles. The lowest BCUT2D eigenvalue weighted by molar-refractivity contribution is 0.102. The van der Waals surface area contributed by atoms with E-state index in [2.05, 4.69) is 0 Å². The summed E-state index contributed by atoms with van der Waals surface area (Å²) in [4.78, 5) is 11.6. The van der Waals surface area contributed by atoms with E-state index in [0.717, 1.165) is 12.1 Å². The maximum atomic E-state index is 13.3. The van der Waals surface area contributed by atoms with Gasteiger partial charge in [-0.25, -0.2) is 8.78 Å². The van der Waals surface area contributed by atoms with E-state index in [0.29, 0.717) is 5.76 Å². The van der Waals surface area contributed by atoms with E-state index < -0.39 is 11.6 Å². The maximum absolute atomic E-state index is 13.3. The Bertz CT molecular complexity index is 612. The van der Waals surface area contributed by atoms with Crippen LogP contribution in [0.15, 0.2) is 40.8 Å². The van der Waals surface area contributed by atoms with Gasteiger partial charge in [0.2, 0.25) is 5.78 Å². The standard InChI is InChI=1S/C14H10F2O2/c1-9-2-7-14(18-9)13(17)6-4-10-3-5-11(15)8-12(10)16/h2-8H,1H3/b6-4+. The average molecular weight is 248 g/mol. The SMILES string of the molecule is Cc1ccc(C(=O)/C=C/c2ccc(F)cc2F)o1. The van der Waals surface area contributed by atoms with Crippen LogP contribution in [0, 0.1) is 18.6 Å². The lowest BCUT2D eigenvalue weighted by Gasteiger charge is -1.96. The molecule has 0 aliphatic carbocycles. The molecular formula is C14H10F2O2. The normalized spacial score (nSPS) is 11.1. The molecule has 1 aromatic heterocycles. The summed E-state index contributed by atoms with van der Waals surface area (Å²) in [6.45, 7) is 1.72. The first-order valence-electron chi connectivity index (χ1n) is 5.30. The fraction of sp³-hybridized carbons (Fsp3) is 0.0714. The minimum atomic E-state index is -0.713. The zero-order valence-electron chi connectivity index (χ0n) is 9.61. The summed E-state index contributed by atoms with van der Waals surface area (Å²) in [6.07, 6.45) is 2.48. The lowest BCUT2D eigenvalue weighted by Crippen LogP contribution is -1.91. The molecule has 0 saturated heterocycles. The minimum Gasteiger partial charge on any atom is -0.458 e. The number of rotatable bonds is 3. The van der Waals surface area contributed by atoms with Gasteiger partial charge in [0.25, 0.3) is 0 Å². The molecule has 0 spiro atoms. The summed E-state index contributed by atoms with van der Waals surface area (Å²) >= 11 is 0. The third kappa shape index (κ3) is 2.71. The number of ketones is 1. The second-order valence-corrected chi connectivity index (χ2v) is 3.77. The number of allylic oxidation sites excluding steroid dienone is 1. The van der Waals surface area contributed by atoms with Crippen molar-refractivity contribution in [1.82, 2.24) is 0 Å². The Morgan fingerprint density at radius 1 is 1.22 bits per heavy atom. The van der Waals surface area contributed by atoms with E-state index in [1.54, 1.807) is 19.1 Å². The molecule has 2 aromatic rings. The quantitative estimate of drug-likeness (QED) is 0.611. The molecule has 1 aromatic carbocycles. The van der Waals surface area contributed by atoms with E-state index in [1.165, 1.54) is 18.2 Å². The van der Waals surface area contributed by atoms with Gasteiger partial charge in [0.15, 0.2) is 5.76 Å². The van der Waals surface area contributed by atoms with Crippen LogP contribution < -0.4 is 0 Å². The van der Waals surface area contributed by atoms with Gasteiger partial charge in [-0.3, -0.25) is 4.79 Å². The Balaban J connectivity index is 2.18. The summed E-state index contributed by atoms with van der Waals surface area (Å²) in [5, 5.41) is 0. The molecule has 4 heteroatoms. The van der Waals surface area contributed by atoms with Crippen LogP contribution in [-0.4, -0.2) is 5.78 Å². The van der Waals surface area contributed by atoms with E-state index in [1.807, 2.05) is 0 Å². The van der Waals surface area contributed by atoms with Gasteiger partial charge in [-0.05, 0) is 43.3 Å². The number of aryl methyl sites for hydroxylation is 1. The van der Waals surface area contributed by atoms with Crippen molar-refractivity contribution >= 4 is 11.9 Å². The first-order valence-corrected chi connectivity index (χ1v) is 5.30. The molecule has 2 nitrogen and oxygen atoms in total. The summed E-state index contributed by atoms with van der Waals surface area (Å²) in [6, 6.07) is 6.37. The molecule has 0 bridgehead atoms. The van der Waals surface area contributed by atoms with Crippen molar-refractivity contribution in [2.24, 2.45) is 0 Å². The van der Waals surface area contributed by atoms with Crippen molar-refractivity contribution in [3.05, 3.63) is 65.1 Å². The number of halogens is 2. The van der Waals surface area contributed by atoms with E-state index in [9.17, 15) is 13.6 Å². The number of hydrogen-bond donors (Lipinski definition) is 0. The van der Waals surface area contributed by atoms with Crippen molar-refractivity contribution in [3.8, 4) is 0 Å². The van der Waals surface area contributed by atoms with Crippen LogP contribution in [0.1, 0.15) is 21.9 Å². The van der Waals surface area contributed by atoms with Gasteiger partial charge in [-0.15, -0.1) is 0 Å². The van der Waals surface area contributed by atoms with Gasteiger partial charge in [0.1, 0.15) is 17.4 Å². The monoisotopic (exact) mass is 248 g/mol. The van der Waals surface area contributed by atoms with Gasteiger partial charge in [-0.2, -0.15) is 0 Å². The Labute approximate surface area is 103 Å². The molecule has 0 amide bonds. The number of carbonyl (C=O) groups excluding carboxylic acids is 1. The van der Waals surface area contributed by atoms with Gasteiger partial charge >= 0.3 is 0 Å². The highest BCUT2D eigenvalue weighted by Gasteiger charge is 2.07. The Morgan fingerprint density at radius 2 is 2.00 bits per heavy atom. The van der Waals surface area contributed by atoms with Crippen LogP contribution in [0.3, 0.4) is 0 Å². The molecule has 0 N–H and O–H groups in total. The van der Waals surface area contributed by atoms with Crippen LogP contribution in [0.2, 0.25) is 0 Å². The van der Waals surface area contributed by atoms with E-state index >= 15 is 0 Å². The first kappa shape index (κ1) is 12.2. The highest BCUT2D eigenvalue weighted by molar-refractivity contribution is 6.04. The number of hydrogen-bond acceptors (Lipinski definition) is 2. The predicted molar refractivity (Wildman–Crippen MR) is 63.2 cm³/mol. The second-order valence-electron chi connectivity index (χ2n) is 3.77. The van der Waals surface area contributed by atoms with Crippen molar-refractivity contribution in [3.63, 3.8) is 0 Å². The molecule has 92 valence electrons. The highest BCUT2D eigenvalue weighted by atomic mass is 19.1. The first-order chi connectivity index (χ1) is 8.56. The Hall–Kier alpha value is -2.23. The zero-order chi connectivity index (χ0) is 13.1.